The molecule has 0 saturated heterocycles. The van der Waals surface area contributed by atoms with Gasteiger partial charge in [0.25, 0.3) is 0 Å². The van der Waals surface area contributed by atoms with Gasteiger partial charge in [-0.25, -0.2) is 0 Å². The van der Waals surface area contributed by atoms with Gasteiger partial charge in [0.2, 0.25) is 0 Å². The normalized spacial score (nSPS) is 10.6. The van der Waals surface area contributed by atoms with Crippen LogP contribution in [-0.4, -0.2) is 12.6 Å². The molecule has 16 heavy (non-hydrogen) atoms. The largest absolute Gasteiger partial charge is 0.462 e. The molecule has 1 aromatic rings. The predicted octanol–water partition coefficient (Wildman–Crippen LogP) is 3.22. The Morgan fingerprint density at radius 1 is 1.38 bits per heavy atom. The summed E-state index contributed by atoms with van der Waals surface area (Å²) in [5, 5.41) is 0. The average molecular weight is 218 g/mol. The maximum atomic E-state index is 10.6. The fraction of sp³-hybridized carbons (Fsp3) is 0.357. The molecule has 0 aliphatic carbocycles. The lowest BCUT2D eigenvalue weighted by atomic mass is 10.0. The summed E-state index contributed by atoms with van der Waals surface area (Å²) in [5.41, 5.74) is 2.54. The van der Waals surface area contributed by atoms with E-state index < -0.39 is 0 Å². The zero-order chi connectivity index (χ0) is 11.8. The monoisotopic (exact) mass is 218 g/mol. The highest BCUT2D eigenvalue weighted by Gasteiger charge is 1.96. The molecule has 0 atom stereocenters. The molecular weight excluding hydrogens is 200 g/mol. The second-order valence-corrected chi connectivity index (χ2v) is 3.65. The zero-order valence-electron chi connectivity index (χ0n) is 9.90. The lowest BCUT2D eigenvalue weighted by Gasteiger charge is -2.03. The van der Waals surface area contributed by atoms with Gasteiger partial charge in [-0.3, -0.25) is 4.79 Å². The van der Waals surface area contributed by atoms with Crippen molar-refractivity contribution in [1.29, 1.82) is 0 Å². The van der Waals surface area contributed by atoms with Crippen LogP contribution in [0.4, 0.5) is 0 Å². The fourth-order valence-electron chi connectivity index (χ4n) is 1.53. The van der Waals surface area contributed by atoms with E-state index in [2.05, 4.69) is 25.1 Å². The van der Waals surface area contributed by atoms with E-state index in [4.69, 9.17) is 4.74 Å². The summed E-state index contributed by atoms with van der Waals surface area (Å²) in [7, 11) is 0. The van der Waals surface area contributed by atoms with Crippen LogP contribution in [0.2, 0.25) is 0 Å². The van der Waals surface area contributed by atoms with E-state index in [1.807, 2.05) is 18.2 Å². The lowest BCUT2D eigenvalue weighted by molar-refractivity contribution is -0.139. The van der Waals surface area contributed by atoms with Crippen LogP contribution in [0.3, 0.4) is 0 Å². The summed E-state index contributed by atoms with van der Waals surface area (Å²) < 4.78 is 4.84. The molecule has 0 unspecified atom stereocenters. The fourth-order valence-corrected chi connectivity index (χ4v) is 1.53. The van der Waals surface area contributed by atoms with Crippen molar-refractivity contribution >= 4 is 12.0 Å². The summed E-state index contributed by atoms with van der Waals surface area (Å²) in [4.78, 5) is 10.6. The van der Waals surface area contributed by atoms with E-state index in [1.165, 1.54) is 18.1 Å². The maximum absolute atomic E-state index is 10.6. The molecule has 2 heteroatoms. The number of benzene rings is 1. The highest BCUT2D eigenvalue weighted by Crippen LogP contribution is 2.12. The SMILES string of the molecule is CCCc1ccccc1/C=C/COC(C)=O. The zero-order valence-corrected chi connectivity index (χ0v) is 9.90. The molecule has 0 amide bonds. The van der Waals surface area contributed by atoms with Gasteiger partial charge in [0.05, 0.1) is 0 Å². The first-order chi connectivity index (χ1) is 7.74. The van der Waals surface area contributed by atoms with Crippen LogP contribution in [0.15, 0.2) is 30.3 Å². The van der Waals surface area contributed by atoms with Gasteiger partial charge < -0.3 is 4.74 Å². The lowest BCUT2D eigenvalue weighted by Crippen LogP contribution is -1.97. The van der Waals surface area contributed by atoms with Crippen molar-refractivity contribution in [3.05, 3.63) is 41.5 Å². The van der Waals surface area contributed by atoms with Gasteiger partial charge in [-0.1, -0.05) is 43.7 Å². The van der Waals surface area contributed by atoms with Gasteiger partial charge in [0.1, 0.15) is 6.61 Å². The van der Waals surface area contributed by atoms with Crippen molar-refractivity contribution in [2.45, 2.75) is 26.7 Å². The molecule has 0 bridgehead atoms. The quantitative estimate of drug-likeness (QED) is 0.709. The predicted molar refractivity (Wildman–Crippen MR) is 66.1 cm³/mol. The highest BCUT2D eigenvalue weighted by atomic mass is 16.5. The minimum absolute atomic E-state index is 0.244. The maximum Gasteiger partial charge on any atom is 0.302 e. The van der Waals surface area contributed by atoms with Gasteiger partial charge in [0, 0.05) is 6.92 Å². The van der Waals surface area contributed by atoms with Crippen LogP contribution in [0, 0.1) is 0 Å². The first-order valence-corrected chi connectivity index (χ1v) is 5.62. The minimum atomic E-state index is -0.244. The van der Waals surface area contributed by atoms with Crippen LogP contribution in [0.25, 0.3) is 6.08 Å². The van der Waals surface area contributed by atoms with Crippen LogP contribution < -0.4 is 0 Å². The number of rotatable bonds is 5. The Morgan fingerprint density at radius 3 is 2.81 bits per heavy atom. The number of ether oxygens (including phenoxy) is 1. The van der Waals surface area contributed by atoms with E-state index in [1.54, 1.807) is 0 Å². The molecule has 0 fully saturated rings. The Hall–Kier alpha value is -1.57. The molecular formula is C14H18O2. The van der Waals surface area contributed by atoms with E-state index in [0.717, 1.165) is 12.8 Å². The third-order valence-electron chi connectivity index (χ3n) is 2.25. The molecule has 1 rings (SSSR count). The number of carbonyl (C=O) groups is 1. The topological polar surface area (TPSA) is 26.3 Å². The Kier molecular flexibility index (Phi) is 5.34. The molecule has 86 valence electrons. The van der Waals surface area contributed by atoms with Crippen molar-refractivity contribution in [2.24, 2.45) is 0 Å². The van der Waals surface area contributed by atoms with Gasteiger partial charge in [-0.05, 0) is 23.6 Å². The van der Waals surface area contributed by atoms with Gasteiger partial charge in [0.15, 0.2) is 0 Å². The first-order valence-electron chi connectivity index (χ1n) is 5.62. The molecule has 0 N–H and O–H groups in total. The van der Waals surface area contributed by atoms with Gasteiger partial charge in [-0.2, -0.15) is 0 Å². The van der Waals surface area contributed by atoms with E-state index in [9.17, 15) is 4.79 Å². The van der Waals surface area contributed by atoms with E-state index >= 15 is 0 Å². The molecule has 0 spiro atoms. The average Bonchev–Trinajstić information content (AvgIpc) is 2.26. The number of carbonyl (C=O) groups excluding carboxylic acids is 1. The summed E-state index contributed by atoms with van der Waals surface area (Å²) in [5.74, 6) is -0.244. The Bertz CT molecular complexity index is 367. The summed E-state index contributed by atoms with van der Waals surface area (Å²) in [6.45, 7) is 3.92. The van der Waals surface area contributed by atoms with Crippen LogP contribution in [-0.2, 0) is 16.0 Å². The van der Waals surface area contributed by atoms with Crippen molar-refractivity contribution in [1.82, 2.24) is 0 Å². The van der Waals surface area contributed by atoms with E-state index in [-0.39, 0.29) is 5.97 Å². The first kappa shape index (κ1) is 12.5. The van der Waals surface area contributed by atoms with Gasteiger partial charge >= 0.3 is 5.97 Å². The number of hydrogen-bond donors (Lipinski definition) is 0. The second kappa shape index (κ2) is 6.83. The summed E-state index contributed by atoms with van der Waals surface area (Å²) in [6.07, 6.45) is 6.09. The molecule has 0 aliphatic rings. The molecule has 1 aromatic carbocycles. The Labute approximate surface area is 96.9 Å². The summed E-state index contributed by atoms with van der Waals surface area (Å²) in [6, 6.07) is 8.28. The molecule has 2 nitrogen and oxygen atoms in total. The van der Waals surface area contributed by atoms with Gasteiger partial charge in [-0.15, -0.1) is 0 Å². The highest BCUT2D eigenvalue weighted by molar-refractivity contribution is 5.66. The van der Waals surface area contributed by atoms with Crippen molar-refractivity contribution in [3.63, 3.8) is 0 Å². The van der Waals surface area contributed by atoms with Crippen LogP contribution in [0.1, 0.15) is 31.4 Å². The number of hydrogen-bond acceptors (Lipinski definition) is 2. The van der Waals surface area contributed by atoms with Crippen molar-refractivity contribution in [3.8, 4) is 0 Å². The molecule has 0 saturated carbocycles. The third-order valence-corrected chi connectivity index (χ3v) is 2.25. The summed E-state index contributed by atoms with van der Waals surface area (Å²) >= 11 is 0. The van der Waals surface area contributed by atoms with Crippen LogP contribution in [0.5, 0.6) is 0 Å². The Morgan fingerprint density at radius 2 is 2.12 bits per heavy atom. The number of esters is 1. The third kappa shape index (κ3) is 4.30. The smallest absolute Gasteiger partial charge is 0.302 e. The van der Waals surface area contributed by atoms with Crippen molar-refractivity contribution < 1.29 is 9.53 Å². The van der Waals surface area contributed by atoms with Crippen molar-refractivity contribution in [2.75, 3.05) is 6.61 Å². The molecule has 0 aromatic heterocycles. The minimum Gasteiger partial charge on any atom is -0.462 e. The Balaban J connectivity index is 2.61. The molecule has 0 heterocycles. The second-order valence-electron chi connectivity index (χ2n) is 3.65. The molecule has 0 radical (unpaired) electrons. The van der Waals surface area contributed by atoms with Crippen LogP contribution >= 0.6 is 0 Å². The van der Waals surface area contributed by atoms with E-state index in [0.29, 0.717) is 6.61 Å². The molecule has 0 aliphatic heterocycles. The standard InChI is InChI=1S/C14H18O2/c1-3-7-13-8-4-5-9-14(13)10-6-11-16-12(2)15/h4-6,8-10H,3,7,11H2,1-2H3/b10-6+. The number of aryl methyl sites for hydroxylation is 1.